The molecule has 1 unspecified atom stereocenters. The summed E-state index contributed by atoms with van der Waals surface area (Å²) in [5, 5.41) is 10.8. The number of hydrogen-bond donors (Lipinski definition) is 2. The summed E-state index contributed by atoms with van der Waals surface area (Å²) < 4.78 is 13.7. The molecule has 0 aliphatic rings. The Labute approximate surface area is 114 Å². The van der Waals surface area contributed by atoms with E-state index in [0.717, 1.165) is 0 Å². The maximum Gasteiger partial charge on any atom is 0.130 e. The van der Waals surface area contributed by atoms with E-state index in [4.69, 9.17) is 28.9 Å². The van der Waals surface area contributed by atoms with Crippen LogP contribution in [0.4, 0.5) is 10.1 Å². The van der Waals surface area contributed by atoms with E-state index in [1.54, 1.807) is 12.1 Å². The average molecular weight is 286 g/mol. The van der Waals surface area contributed by atoms with Crippen LogP contribution in [0.2, 0.25) is 10.0 Å². The Morgan fingerprint density at radius 2 is 1.89 bits per heavy atom. The average Bonchev–Trinajstić information content (AvgIpc) is 2.28. The SMILES string of the molecule is Nc1cc(Cl)ccc1C(O)c1c(F)cccc1Cl. The largest absolute Gasteiger partial charge is 0.398 e. The van der Waals surface area contributed by atoms with Gasteiger partial charge in [0.2, 0.25) is 0 Å². The van der Waals surface area contributed by atoms with Gasteiger partial charge in [-0.1, -0.05) is 35.3 Å². The van der Waals surface area contributed by atoms with Gasteiger partial charge in [-0.05, 0) is 24.3 Å². The van der Waals surface area contributed by atoms with Crippen molar-refractivity contribution in [2.24, 2.45) is 0 Å². The summed E-state index contributed by atoms with van der Waals surface area (Å²) in [6, 6.07) is 8.83. The van der Waals surface area contributed by atoms with E-state index in [1.165, 1.54) is 24.3 Å². The van der Waals surface area contributed by atoms with E-state index in [9.17, 15) is 9.50 Å². The lowest BCUT2D eigenvalue weighted by Gasteiger charge is -2.16. The van der Waals surface area contributed by atoms with Gasteiger partial charge >= 0.3 is 0 Å². The van der Waals surface area contributed by atoms with Gasteiger partial charge in [0.05, 0.1) is 0 Å². The Morgan fingerprint density at radius 3 is 2.50 bits per heavy atom. The second-order valence-corrected chi connectivity index (χ2v) is 4.65. The molecule has 0 radical (unpaired) electrons. The molecule has 0 amide bonds. The van der Waals surface area contributed by atoms with Gasteiger partial charge in [0, 0.05) is 26.9 Å². The Balaban J connectivity index is 2.51. The van der Waals surface area contributed by atoms with E-state index in [-0.39, 0.29) is 16.3 Å². The predicted molar refractivity (Wildman–Crippen MR) is 71.3 cm³/mol. The monoisotopic (exact) mass is 285 g/mol. The third-order valence-corrected chi connectivity index (χ3v) is 3.18. The van der Waals surface area contributed by atoms with Gasteiger partial charge in [-0.2, -0.15) is 0 Å². The number of benzene rings is 2. The van der Waals surface area contributed by atoms with Crippen LogP contribution in [0.1, 0.15) is 17.2 Å². The molecule has 5 heteroatoms. The summed E-state index contributed by atoms with van der Waals surface area (Å²) >= 11 is 11.7. The molecule has 0 fully saturated rings. The van der Waals surface area contributed by atoms with Crippen molar-refractivity contribution in [1.29, 1.82) is 0 Å². The minimum absolute atomic E-state index is 0.00758. The molecule has 1 atom stereocenters. The Kier molecular flexibility index (Phi) is 3.76. The van der Waals surface area contributed by atoms with Crippen molar-refractivity contribution in [3.63, 3.8) is 0 Å². The Morgan fingerprint density at radius 1 is 1.17 bits per heavy atom. The van der Waals surface area contributed by atoms with Gasteiger partial charge in [0.25, 0.3) is 0 Å². The molecular weight excluding hydrogens is 276 g/mol. The fourth-order valence-electron chi connectivity index (χ4n) is 1.72. The lowest BCUT2D eigenvalue weighted by atomic mass is 9.99. The zero-order valence-corrected chi connectivity index (χ0v) is 10.7. The zero-order chi connectivity index (χ0) is 13.3. The van der Waals surface area contributed by atoms with E-state index in [2.05, 4.69) is 0 Å². The lowest BCUT2D eigenvalue weighted by Crippen LogP contribution is -2.06. The van der Waals surface area contributed by atoms with Crippen LogP contribution in [0.25, 0.3) is 0 Å². The highest BCUT2D eigenvalue weighted by Gasteiger charge is 2.20. The molecule has 0 bridgehead atoms. The molecule has 0 heterocycles. The molecule has 2 rings (SSSR count). The fraction of sp³-hybridized carbons (Fsp3) is 0.0769. The van der Waals surface area contributed by atoms with Crippen molar-refractivity contribution in [2.75, 3.05) is 5.73 Å². The molecule has 0 saturated carbocycles. The minimum Gasteiger partial charge on any atom is -0.398 e. The third-order valence-electron chi connectivity index (χ3n) is 2.62. The Bertz CT molecular complexity index is 569. The van der Waals surface area contributed by atoms with E-state index in [1.807, 2.05) is 0 Å². The van der Waals surface area contributed by atoms with Gasteiger partial charge in [-0.3, -0.25) is 0 Å². The summed E-state index contributed by atoms with van der Waals surface area (Å²) in [6.45, 7) is 0. The molecule has 0 aliphatic heterocycles. The number of hydrogen-bond acceptors (Lipinski definition) is 2. The highest BCUT2D eigenvalue weighted by atomic mass is 35.5. The van der Waals surface area contributed by atoms with Crippen molar-refractivity contribution in [3.05, 3.63) is 63.4 Å². The molecule has 0 aromatic heterocycles. The zero-order valence-electron chi connectivity index (χ0n) is 9.20. The van der Waals surface area contributed by atoms with Crippen LogP contribution < -0.4 is 5.73 Å². The van der Waals surface area contributed by atoms with Crippen LogP contribution in [0, 0.1) is 5.82 Å². The van der Waals surface area contributed by atoms with Crippen LogP contribution in [0.3, 0.4) is 0 Å². The Hall–Kier alpha value is -1.29. The molecule has 2 aromatic rings. The number of nitrogen functional groups attached to an aromatic ring is 1. The van der Waals surface area contributed by atoms with E-state index >= 15 is 0 Å². The molecule has 2 aromatic carbocycles. The van der Waals surface area contributed by atoms with Gasteiger partial charge in [0.1, 0.15) is 11.9 Å². The molecule has 18 heavy (non-hydrogen) atoms. The molecular formula is C13H10Cl2FNO. The van der Waals surface area contributed by atoms with Gasteiger partial charge < -0.3 is 10.8 Å². The predicted octanol–water partition coefficient (Wildman–Crippen LogP) is 3.80. The fourth-order valence-corrected chi connectivity index (χ4v) is 2.17. The van der Waals surface area contributed by atoms with Crippen LogP contribution in [-0.4, -0.2) is 5.11 Å². The maximum atomic E-state index is 13.7. The van der Waals surface area contributed by atoms with E-state index < -0.39 is 11.9 Å². The summed E-state index contributed by atoms with van der Waals surface area (Å²) in [6.07, 6.45) is -1.23. The molecule has 0 aliphatic carbocycles. The highest BCUT2D eigenvalue weighted by Crippen LogP contribution is 2.33. The third kappa shape index (κ3) is 2.43. The molecule has 0 saturated heterocycles. The first-order valence-electron chi connectivity index (χ1n) is 5.17. The number of halogens is 3. The van der Waals surface area contributed by atoms with Crippen molar-refractivity contribution >= 4 is 28.9 Å². The second-order valence-electron chi connectivity index (χ2n) is 3.81. The maximum absolute atomic E-state index is 13.7. The summed E-state index contributed by atoms with van der Waals surface area (Å²) in [4.78, 5) is 0. The van der Waals surface area contributed by atoms with Crippen LogP contribution in [0.15, 0.2) is 36.4 Å². The van der Waals surface area contributed by atoms with Crippen molar-refractivity contribution < 1.29 is 9.50 Å². The first kappa shape index (κ1) is 13.1. The number of aliphatic hydroxyl groups is 1. The van der Waals surface area contributed by atoms with Gasteiger partial charge in [-0.15, -0.1) is 0 Å². The summed E-state index contributed by atoms with van der Waals surface area (Å²) in [7, 11) is 0. The lowest BCUT2D eigenvalue weighted by molar-refractivity contribution is 0.216. The number of anilines is 1. The van der Waals surface area contributed by atoms with Gasteiger partial charge in [-0.25, -0.2) is 4.39 Å². The van der Waals surface area contributed by atoms with Crippen molar-refractivity contribution in [2.45, 2.75) is 6.10 Å². The number of rotatable bonds is 2. The molecule has 3 N–H and O–H groups in total. The smallest absolute Gasteiger partial charge is 0.130 e. The van der Waals surface area contributed by atoms with Crippen LogP contribution in [-0.2, 0) is 0 Å². The van der Waals surface area contributed by atoms with Crippen LogP contribution in [0.5, 0.6) is 0 Å². The quantitative estimate of drug-likeness (QED) is 0.825. The first-order valence-corrected chi connectivity index (χ1v) is 5.93. The topological polar surface area (TPSA) is 46.2 Å². The standard InChI is InChI=1S/C13H10Cl2FNO/c14-7-4-5-8(11(17)6-7)13(18)12-9(15)2-1-3-10(12)16/h1-6,13,18H,17H2. The van der Waals surface area contributed by atoms with Gasteiger partial charge in [0.15, 0.2) is 0 Å². The van der Waals surface area contributed by atoms with Crippen LogP contribution >= 0.6 is 23.2 Å². The first-order chi connectivity index (χ1) is 8.50. The van der Waals surface area contributed by atoms with E-state index in [0.29, 0.717) is 10.6 Å². The summed E-state index contributed by atoms with van der Waals surface area (Å²) in [5.41, 5.74) is 6.41. The molecule has 94 valence electrons. The van der Waals surface area contributed by atoms with Crippen molar-refractivity contribution in [1.82, 2.24) is 0 Å². The highest BCUT2D eigenvalue weighted by molar-refractivity contribution is 6.31. The van der Waals surface area contributed by atoms with Crippen molar-refractivity contribution in [3.8, 4) is 0 Å². The summed E-state index contributed by atoms with van der Waals surface area (Å²) in [5.74, 6) is -0.579. The number of aliphatic hydroxyl groups excluding tert-OH is 1. The number of nitrogens with two attached hydrogens (primary N) is 1. The second kappa shape index (κ2) is 5.14. The minimum atomic E-state index is -1.23. The molecule has 0 spiro atoms. The normalized spacial score (nSPS) is 12.4. The molecule has 2 nitrogen and oxygen atoms in total.